The van der Waals surface area contributed by atoms with Gasteiger partial charge in [-0.3, -0.25) is 4.79 Å². The first-order valence-electron chi connectivity index (χ1n) is 5.20. The summed E-state index contributed by atoms with van der Waals surface area (Å²) in [5, 5.41) is 21.9. The van der Waals surface area contributed by atoms with Gasteiger partial charge in [-0.1, -0.05) is 18.2 Å². The molecule has 0 radical (unpaired) electrons. The van der Waals surface area contributed by atoms with Crippen molar-refractivity contribution in [1.82, 2.24) is 0 Å². The molecule has 5 nitrogen and oxygen atoms in total. The first-order chi connectivity index (χ1) is 8.60. The molecule has 1 aromatic carbocycles. The lowest BCUT2D eigenvalue weighted by Gasteiger charge is -2.18. The first-order valence-corrected chi connectivity index (χ1v) is 5.60. The smallest absolute Gasteiger partial charge is 0.308 e. The molecule has 0 heterocycles. The molecular formula is C12H13NO4S. The summed E-state index contributed by atoms with van der Waals surface area (Å²) < 4.78 is 4.42. The second kappa shape index (κ2) is 6.98. The molecule has 0 aliphatic carbocycles. The highest BCUT2D eigenvalue weighted by Gasteiger charge is 2.23. The van der Waals surface area contributed by atoms with E-state index in [9.17, 15) is 15.0 Å². The van der Waals surface area contributed by atoms with Crippen LogP contribution in [-0.4, -0.2) is 34.6 Å². The van der Waals surface area contributed by atoms with Crippen LogP contribution in [0, 0.1) is 0 Å². The largest absolute Gasteiger partial charge is 0.469 e. The van der Waals surface area contributed by atoms with Crippen LogP contribution in [0.5, 0.6) is 0 Å². The fourth-order valence-corrected chi connectivity index (χ4v) is 1.56. The lowest BCUT2D eigenvalue weighted by atomic mass is 10.0. The molecule has 0 bridgehead atoms. The Balaban J connectivity index is 2.92. The van der Waals surface area contributed by atoms with E-state index in [1.54, 1.807) is 24.3 Å². The van der Waals surface area contributed by atoms with Gasteiger partial charge in [-0.2, -0.15) is 4.99 Å². The molecule has 0 amide bonds. The van der Waals surface area contributed by atoms with E-state index in [0.29, 0.717) is 11.3 Å². The van der Waals surface area contributed by atoms with Gasteiger partial charge in [0, 0.05) is 5.56 Å². The van der Waals surface area contributed by atoms with Gasteiger partial charge >= 0.3 is 5.97 Å². The van der Waals surface area contributed by atoms with Crippen LogP contribution >= 0.6 is 12.2 Å². The van der Waals surface area contributed by atoms with E-state index in [2.05, 4.69) is 27.1 Å². The van der Waals surface area contributed by atoms with Gasteiger partial charge in [-0.15, -0.1) is 0 Å². The zero-order valence-corrected chi connectivity index (χ0v) is 10.6. The molecule has 1 rings (SSSR count). The van der Waals surface area contributed by atoms with Crippen LogP contribution in [0.25, 0.3) is 0 Å². The maximum Gasteiger partial charge on any atom is 0.308 e. The number of hydrogen-bond acceptors (Lipinski definition) is 6. The van der Waals surface area contributed by atoms with Gasteiger partial charge in [-0.05, 0) is 18.3 Å². The predicted molar refractivity (Wildman–Crippen MR) is 68.7 cm³/mol. The number of methoxy groups -OCH3 is 1. The quantitative estimate of drug-likeness (QED) is 0.478. The minimum Gasteiger partial charge on any atom is -0.469 e. The number of carbonyl (C=O) groups is 1. The molecule has 0 aromatic heterocycles. The van der Waals surface area contributed by atoms with E-state index in [1.165, 1.54) is 7.11 Å². The number of para-hydroxylation sites is 1. The normalized spacial score (nSPS) is 13.3. The van der Waals surface area contributed by atoms with Crippen molar-refractivity contribution in [3.05, 3.63) is 29.8 Å². The van der Waals surface area contributed by atoms with Crippen LogP contribution in [0.15, 0.2) is 29.3 Å². The summed E-state index contributed by atoms with van der Waals surface area (Å²) in [6, 6.07) is 6.62. The third-order valence-corrected chi connectivity index (χ3v) is 2.48. The minimum atomic E-state index is -1.26. The Morgan fingerprint density at radius 1 is 1.50 bits per heavy atom. The van der Waals surface area contributed by atoms with E-state index >= 15 is 0 Å². The number of aliphatic hydroxyl groups excluding tert-OH is 2. The zero-order valence-electron chi connectivity index (χ0n) is 9.74. The number of thiocarbonyl (C=S) groups is 1. The number of nitrogens with zero attached hydrogens (tertiary/aromatic N) is 1. The van der Waals surface area contributed by atoms with Gasteiger partial charge in [0.25, 0.3) is 0 Å². The Labute approximate surface area is 110 Å². The Morgan fingerprint density at radius 2 is 2.17 bits per heavy atom. The van der Waals surface area contributed by atoms with Crippen LogP contribution < -0.4 is 0 Å². The number of carbonyl (C=O) groups excluding carboxylic acids is 1. The van der Waals surface area contributed by atoms with Gasteiger partial charge in [0.2, 0.25) is 0 Å². The minimum absolute atomic E-state index is 0.298. The number of ether oxygens (including phenoxy) is 1. The van der Waals surface area contributed by atoms with Crippen LogP contribution in [0.2, 0.25) is 0 Å². The second-order valence-corrected chi connectivity index (χ2v) is 3.74. The van der Waals surface area contributed by atoms with Gasteiger partial charge in [0.15, 0.2) is 0 Å². The van der Waals surface area contributed by atoms with E-state index in [1.807, 2.05) is 0 Å². The summed E-state index contributed by atoms with van der Waals surface area (Å²) in [5.41, 5.74) is 0.787. The number of isothiocyanates is 1. The number of aliphatic hydroxyl groups is 2. The fraction of sp³-hybridized carbons (Fsp3) is 0.333. The van der Waals surface area contributed by atoms with Crippen molar-refractivity contribution >= 4 is 29.0 Å². The van der Waals surface area contributed by atoms with Crippen molar-refractivity contribution in [2.45, 2.75) is 18.6 Å². The Bertz CT molecular complexity index is 471. The van der Waals surface area contributed by atoms with Crippen molar-refractivity contribution in [1.29, 1.82) is 0 Å². The van der Waals surface area contributed by atoms with Gasteiger partial charge < -0.3 is 14.9 Å². The number of esters is 1. The maximum absolute atomic E-state index is 11.0. The van der Waals surface area contributed by atoms with Crippen molar-refractivity contribution in [2.24, 2.45) is 4.99 Å². The van der Waals surface area contributed by atoms with Crippen LogP contribution in [-0.2, 0) is 9.53 Å². The lowest BCUT2D eigenvalue weighted by molar-refractivity contribution is -0.144. The number of rotatable bonds is 5. The third-order valence-electron chi connectivity index (χ3n) is 2.39. The Hall–Kier alpha value is -1.59. The van der Waals surface area contributed by atoms with Crippen molar-refractivity contribution < 1.29 is 19.7 Å². The van der Waals surface area contributed by atoms with Crippen LogP contribution in [0.4, 0.5) is 5.69 Å². The molecule has 0 saturated carbocycles. The molecule has 0 saturated heterocycles. The molecule has 18 heavy (non-hydrogen) atoms. The summed E-state index contributed by atoms with van der Waals surface area (Å²) >= 11 is 4.50. The van der Waals surface area contributed by atoms with Crippen molar-refractivity contribution in [2.75, 3.05) is 7.11 Å². The number of hydrogen-bond donors (Lipinski definition) is 2. The SMILES string of the molecule is COC(=O)CC(O)C(O)c1ccccc1N=C=S. The molecule has 96 valence electrons. The summed E-state index contributed by atoms with van der Waals surface area (Å²) in [4.78, 5) is 14.8. The summed E-state index contributed by atoms with van der Waals surface area (Å²) in [7, 11) is 1.21. The fourth-order valence-electron chi connectivity index (χ4n) is 1.46. The average Bonchev–Trinajstić information content (AvgIpc) is 2.38. The molecule has 0 fully saturated rings. The third kappa shape index (κ3) is 3.72. The summed E-state index contributed by atoms with van der Waals surface area (Å²) in [6.45, 7) is 0. The van der Waals surface area contributed by atoms with Crippen molar-refractivity contribution in [3.8, 4) is 0 Å². The molecule has 6 heteroatoms. The highest BCUT2D eigenvalue weighted by molar-refractivity contribution is 7.78. The standard InChI is InChI=1S/C12H13NO4S/c1-17-11(15)6-10(14)12(16)8-4-2-3-5-9(8)13-7-18/h2-5,10,12,14,16H,6H2,1H3. The molecule has 1 aromatic rings. The molecule has 0 aliphatic rings. The van der Waals surface area contributed by atoms with Gasteiger partial charge in [0.05, 0.1) is 30.5 Å². The van der Waals surface area contributed by atoms with E-state index in [4.69, 9.17) is 0 Å². The molecule has 0 aliphatic heterocycles. The number of benzene rings is 1. The monoisotopic (exact) mass is 267 g/mol. The molecule has 2 unspecified atom stereocenters. The molecule has 2 N–H and O–H groups in total. The number of aliphatic imine (C=N–C) groups is 1. The first kappa shape index (κ1) is 14.5. The van der Waals surface area contributed by atoms with Gasteiger partial charge in [0.1, 0.15) is 6.10 Å². The van der Waals surface area contributed by atoms with Crippen molar-refractivity contribution in [3.63, 3.8) is 0 Å². The summed E-state index contributed by atoms with van der Waals surface area (Å²) in [6.07, 6.45) is -2.81. The van der Waals surface area contributed by atoms with Gasteiger partial charge in [-0.25, -0.2) is 0 Å². The Morgan fingerprint density at radius 3 is 2.78 bits per heavy atom. The molecule has 2 atom stereocenters. The van der Waals surface area contributed by atoms with Crippen LogP contribution in [0.3, 0.4) is 0 Å². The van der Waals surface area contributed by atoms with E-state index < -0.39 is 18.2 Å². The lowest BCUT2D eigenvalue weighted by Crippen LogP contribution is -2.22. The van der Waals surface area contributed by atoms with E-state index in [-0.39, 0.29) is 6.42 Å². The van der Waals surface area contributed by atoms with E-state index in [0.717, 1.165) is 0 Å². The highest BCUT2D eigenvalue weighted by atomic mass is 32.1. The molecule has 0 spiro atoms. The summed E-state index contributed by atoms with van der Waals surface area (Å²) in [5.74, 6) is -0.600. The zero-order chi connectivity index (χ0) is 13.5. The highest BCUT2D eigenvalue weighted by Crippen LogP contribution is 2.28. The predicted octanol–water partition coefficient (Wildman–Crippen LogP) is 1.38. The average molecular weight is 267 g/mol. The topological polar surface area (TPSA) is 79.1 Å². The molecular weight excluding hydrogens is 254 g/mol. The maximum atomic E-state index is 11.0. The Kier molecular flexibility index (Phi) is 5.61. The second-order valence-electron chi connectivity index (χ2n) is 3.55. The van der Waals surface area contributed by atoms with Crippen LogP contribution in [0.1, 0.15) is 18.1 Å².